The Kier molecular flexibility index (Phi) is 5.25. The molecule has 1 fully saturated rings. The van der Waals surface area contributed by atoms with Crippen molar-refractivity contribution in [3.05, 3.63) is 24.3 Å². The van der Waals surface area contributed by atoms with Gasteiger partial charge in [0.25, 0.3) is 0 Å². The Morgan fingerprint density at radius 1 is 1.25 bits per heavy atom. The molecule has 1 aromatic rings. The minimum absolute atomic E-state index is 0.0693. The van der Waals surface area contributed by atoms with Gasteiger partial charge >= 0.3 is 0 Å². The minimum atomic E-state index is 0.0693. The van der Waals surface area contributed by atoms with Gasteiger partial charge in [-0.1, -0.05) is 25.5 Å². The summed E-state index contributed by atoms with van der Waals surface area (Å²) in [5.41, 5.74) is 1.15. The van der Waals surface area contributed by atoms with Crippen LogP contribution in [-0.2, 0) is 0 Å². The number of para-hydroxylation sites is 2. The van der Waals surface area contributed by atoms with Crippen LogP contribution in [0.1, 0.15) is 19.8 Å². The van der Waals surface area contributed by atoms with Crippen molar-refractivity contribution in [2.24, 2.45) is 0 Å². The fourth-order valence-electron chi connectivity index (χ4n) is 2.77. The zero-order valence-electron chi connectivity index (χ0n) is 12.4. The molecule has 1 heterocycles. The zero-order valence-corrected chi connectivity index (χ0v) is 12.4. The summed E-state index contributed by atoms with van der Waals surface area (Å²) in [6.45, 7) is 5.91. The maximum atomic E-state index is 9.25. The van der Waals surface area contributed by atoms with E-state index in [0.29, 0.717) is 0 Å². The van der Waals surface area contributed by atoms with Crippen molar-refractivity contribution >= 4 is 5.69 Å². The molecule has 0 bridgehead atoms. The number of methoxy groups -OCH3 is 1. The lowest BCUT2D eigenvalue weighted by Crippen LogP contribution is -2.50. The van der Waals surface area contributed by atoms with Gasteiger partial charge in [-0.25, -0.2) is 0 Å². The molecule has 0 radical (unpaired) electrons. The molecule has 1 atom stereocenters. The van der Waals surface area contributed by atoms with E-state index in [1.54, 1.807) is 7.11 Å². The first-order valence-electron chi connectivity index (χ1n) is 7.31. The van der Waals surface area contributed by atoms with E-state index in [2.05, 4.69) is 28.9 Å². The van der Waals surface area contributed by atoms with Crippen molar-refractivity contribution in [1.82, 2.24) is 4.90 Å². The van der Waals surface area contributed by atoms with Gasteiger partial charge in [-0.05, 0) is 18.6 Å². The largest absolute Gasteiger partial charge is 0.495 e. The maximum absolute atomic E-state index is 9.25. The standard InChI is InChI=1S/C16H23N3O/c1-3-6-14(13-17)18-9-11-19(12-10-18)15-7-4-5-8-16(15)20-2/h4-5,7-8,14H,3,6,9-12H2,1-2H3. The number of hydrogen-bond donors (Lipinski definition) is 0. The third kappa shape index (κ3) is 3.23. The summed E-state index contributed by atoms with van der Waals surface area (Å²) in [6.07, 6.45) is 2.02. The molecule has 4 heteroatoms. The second-order valence-electron chi connectivity index (χ2n) is 5.13. The first-order chi connectivity index (χ1) is 9.80. The molecule has 1 aliphatic rings. The number of rotatable bonds is 5. The molecule has 0 amide bonds. The number of nitriles is 1. The minimum Gasteiger partial charge on any atom is -0.495 e. The molecule has 0 saturated carbocycles. The van der Waals surface area contributed by atoms with Crippen LogP contribution in [0.25, 0.3) is 0 Å². The highest BCUT2D eigenvalue weighted by Gasteiger charge is 2.24. The van der Waals surface area contributed by atoms with E-state index in [0.717, 1.165) is 50.5 Å². The average molecular weight is 273 g/mol. The number of benzene rings is 1. The second kappa shape index (κ2) is 7.16. The number of nitrogens with zero attached hydrogens (tertiary/aromatic N) is 3. The number of anilines is 1. The number of hydrogen-bond acceptors (Lipinski definition) is 4. The van der Waals surface area contributed by atoms with Gasteiger partial charge in [-0.2, -0.15) is 5.26 Å². The fourth-order valence-corrected chi connectivity index (χ4v) is 2.77. The molecule has 108 valence electrons. The highest BCUT2D eigenvalue weighted by molar-refractivity contribution is 5.58. The van der Waals surface area contributed by atoms with Gasteiger partial charge < -0.3 is 9.64 Å². The Bertz CT molecular complexity index is 461. The molecule has 0 spiro atoms. The Morgan fingerprint density at radius 2 is 1.95 bits per heavy atom. The van der Waals surface area contributed by atoms with E-state index in [4.69, 9.17) is 4.74 Å². The van der Waals surface area contributed by atoms with Crippen LogP contribution >= 0.6 is 0 Å². The van der Waals surface area contributed by atoms with Crippen molar-refractivity contribution in [1.29, 1.82) is 5.26 Å². The van der Waals surface area contributed by atoms with Gasteiger partial charge in [0, 0.05) is 26.2 Å². The first-order valence-corrected chi connectivity index (χ1v) is 7.31. The summed E-state index contributed by atoms with van der Waals surface area (Å²) < 4.78 is 5.42. The van der Waals surface area contributed by atoms with Crippen LogP contribution in [0.2, 0.25) is 0 Å². The Labute approximate surface area is 121 Å². The average Bonchev–Trinajstić information content (AvgIpc) is 2.53. The van der Waals surface area contributed by atoms with Crippen LogP contribution in [0.3, 0.4) is 0 Å². The van der Waals surface area contributed by atoms with Gasteiger partial charge in [0.05, 0.1) is 24.9 Å². The molecule has 1 unspecified atom stereocenters. The summed E-state index contributed by atoms with van der Waals surface area (Å²) >= 11 is 0. The fraction of sp³-hybridized carbons (Fsp3) is 0.562. The molecule has 1 aliphatic heterocycles. The molecule has 2 rings (SSSR count). The monoisotopic (exact) mass is 273 g/mol. The summed E-state index contributed by atoms with van der Waals surface area (Å²) in [5, 5.41) is 9.25. The van der Waals surface area contributed by atoms with E-state index in [1.807, 2.05) is 18.2 Å². The van der Waals surface area contributed by atoms with Crippen molar-refractivity contribution in [3.63, 3.8) is 0 Å². The highest BCUT2D eigenvalue weighted by atomic mass is 16.5. The first kappa shape index (κ1) is 14.7. The van der Waals surface area contributed by atoms with Crippen LogP contribution in [0.5, 0.6) is 5.75 Å². The number of piperazine rings is 1. The molecule has 0 N–H and O–H groups in total. The Balaban J connectivity index is 1.99. The predicted molar refractivity (Wildman–Crippen MR) is 81.1 cm³/mol. The van der Waals surface area contributed by atoms with Crippen LogP contribution in [0.15, 0.2) is 24.3 Å². The van der Waals surface area contributed by atoms with Crippen LogP contribution < -0.4 is 9.64 Å². The van der Waals surface area contributed by atoms with Crippen molar-refractivity contribution in [3.8, 4) is 11.8 Å². The lowest BCUT2D eigenvalue weighted by molar-refractivity contribution is 0.211. The second-order valence-corrected chi connectivity index (χ2v) is 5.13. The molecule has 0 aromatic heterocycles. The van der Waals surface area contributed by atoms with E-state index in [-0.39, 0.29) is 6.04 Å². The predicted octanol–water partition coefficient (Wildman–Crippen LogP) is 2.51. The lowest BCUT2D eigenvalue weighted by atomic mass is 10.1. The van der Waals surface area contributed by atoms with Crippen molar-refractivity contribution in [2.45, 2.75) is 25.8 Å². The quantitative estimate of drug-likeness (QED) is 0.826. The topological polar surface area (TPSA) is 39.5 Å². The Morgan fingerprint density at radius 3 is 2.55 bits per heavy atom. The SMILES string of the molecule is CCCC(C#N)N1CCN(c2ccccc2OC)CC1. The van der Waals surface area contributed by atoms with Crippen LogP contribution in [0, 0.1) is 11.3 Å². The smallest absolute Gasteiger partial charge is 0.142 e. The third-order valence-electron chi connectivity index (χ3n) is 3.89. The molecular weight excluding hydrogens is 250 g/mol. The van der Waals surface area contributed by atoms with Gasteiger partial charge in [-0.15, -0.1) is 0 Å². The van der Waals surface area contributed by atoms with E-state index >= 15 is 0 Å². The molecule has 20 heavy (non-hydrogen) atoms. The van der Waals surface area contributed by atoms with Crippen molar-refractivity contribution in [2.75, 3.05) is 38.2 Å². The molecule has 1 saturated heterocycles. The zero-order chi connectivity index (χ0) is 14.4. The molecule has 4 nitrogen and oxygen atoms in total. The maximum Gasteiger partial charge on any atom is 0.142 e. The van der Waals surface area contributed by atoms with E-state index in [9.17, 15) is 5.26 Å². The van der Waals surface area contributed by atoms with Gasteiger partial charge in [0.1, 0.15) is 5.75 Å². The summed E-state index contributed by atoms with van der Waals surface area (Å²) in [5.74, 6) is 0.923. The normalized spacial score (nSPS) is 17.6. The van der Waals surface area contributed by atoms with E-state index in [1.165, 1.54) is 0 Å². The lowest BCUT2D eigenvalue weighted by Gasteiger charge is -2.38. The van der Waals surface area contributed by atoms with Gasteiger partial charge in [0.2, 0.25) is 0 Å². The summed E-state index contributed by atoms with van der Waals surface area (Å²) in [7, 11) is 1.71. The molecule has 0 aliphatic carbocycles. The number of ether oxygens (including phenoxy) is 1. The van der Waals surface area contributed by atoms with Gasteiger partial charge in [-0.3, -0.25) is 4.90 Å². The van der Waals surface area contributed by atoms with Gasteiger partial charge in [0.15, 0.2) is 0 Å². The van der Waals surface area contributed by atoms with Crippen LogP contribution in [0.4, 0.5) is 5.69 Å². The summed E-state index contributed by atoms with van der Waals surface area (Å²) in [4.78, 5) is 4.64. The molecule has 1 aromatic carbocycles. The molecular formula is C16H23N3O. The van der Waals surface area contributed by atoms with Crippen molar-refractivity contribution < 1.29 is 4.74 Å². The third-order valence-corrected chi connectivity index (χ3v) is 3.89. The highest BCUT2D eigenvalue weighted by Crippen LogP contribution is 2.28. The van der Waals surface area contributed by atoms with Crippen LogP contribution in [-0.4, -0.2) is 44.2 Å². The van der Waals surface area contributed by atoms with E-state index < -0.39 is 0 Å². The summed E-state index contributed by atoms with van der Waals surface area (Å²) in [6, 6.07) is 10.6. The Hall–Kier alpha value is -1.73.